The Morgan fingerprint density at radius 3 is 2.65 bits per heavy atom. The molecule has 0 spiro atoms. The highest BCUT2D eigenvalue weighted by atomic mass is 79.9. The number of aromatic nitrogens is 1. The summed E-state index contributed by atoms with van der Waals surface area (Å²) in [4.78, 5) is 3.98. The molecule has 0 unspecified atom stereocenters. The molecule has 0 bridgehead atoms. The highest BCUT2D eigenvalue weighted by Crippen LogP contribution is 2.24. The molecule has 0 aliphatic rings. The lowest BCUT2D eigenvalue weighted by molar-refractivity contribution is 0.625. The van der Waals surface area contributed by atoms with Gasteiger partial charge in [0.15, 0.2) is 11.6 Å². The highest BCUT2D eigenvalue weighted by Gasteiger charge is 2.05. The van der Waals surface area contributed by atoms with Crippen LogP contribution in [0.2, 0.25) is 0 Å². The highest BCUT2D eigenvalue weighted by molar-refractivity contribution is 9.10. The number of rotatable bonds is 2. The predicted octanol–water partition coefficient (Wildman–Crippen LogP) is 4.80. The summed E-state index contributed by atoms with van der Waals surface area (Å²) in [6.45, 7) is 1.99. The minimum absolute atomic E-state index is 0.212. The smallest absolute Gasteiger partial charge is 0.166 e. The van der Waals surface area contributed by atoms with E-state index in [1.165, 1.54) is 6.07 Å². The van der Waals surface area contributed by atoms with E-state index in [4.69, 9.17) is 0 Å². The molecule has 0 radical (unpaired) electrons. The van der Waals surface area contributed by atoms with Crippen molar-refractivity contribution in [2.24, 2.45) is 0 Å². The molecule has 0 saturated heterocycles. The summed E-state index contributed by atoms with van der Waals surface area (Å²) in [5.41, 5.74) is 1.91. The molecule has 0 amide bonds. The molecular weight excluding hydrogens is 351 g/mol. The zero-order valence-electron chi connectivity index (χ0n) is 8.97. The lowest BCUT2D eigenvalue weighted by atomic mass is 10.2. The number of nitrogens with one attached hydrogen (secondary N) is 1. The Balaban J connectivity index is 2.28. The zero-order chi connectivity index (χ0) is 12.4. The normalized spacial score (nSPS) is 10.4. The van der Waals surface area contributed by atoms with Crippen molar-refractivity contribution in [1.82, 2.24) is 4.98 Å². The molecule has 0 atom stereocenters. The molecule has 5 heteroatoms. The van der Waals surface area contributed by atoms with E-state index in [9.17, 15) is 4.39 Å². The lowest BCUT2D eigenvalue weighted by Gasteiger charge is -2.08. The Morgan fingerprint density at radius 2 is 2.00 bits per heavy atom. The van der Waals surface area contributed by atoms with Crippen LogP contribution < -0.4 is 5.32 Å². The molecule has 0 fully saturated rings. The van der Waals surface area contributed by atoms with Gasteiger partial charge in [-0.1, -0.05) is 22.0 Å². The summed E-state index contributed by atoms with van der Waals surface area (Å²) in [7, 11) is 0. The summed E-state index contributed by atoms with van der Waals surface area (Å²) in [5, 5.41) is 2.93. The molecule has 0 aliphatic carbocycles. The van der Waals surface area contributed by atoms with E-state index in [1.54, 1.807) is 6.20 Å². The van der Waals surface area contributed by atoms with Gasteiger partial charge in [0.2, 0.25) is 0 Å². The van der Waals surface area contributed by atoms with E-state index >= 15 is 0 Å². The van der Waals surface area contributed by atoms with Gasteiger partial charge in [-0.25, -0.2) is 9.37 Å². The number of aryl methyl sites for hydroxylation is 1. The summed E-state index contributed by atoms with van der Waals surface area (Å²) in [6, 6.07) is 7.09. The molecule has 2 aromatic rings. The second-order valence-corrected chi connectivity index (χ2v) is 5.34. The van der Waals surface area contributed by atoms with Crippen molar-refractivity contribution in [2.45, 2.75) is 6.92 Å². The van der Waals surface area contributed by atoms with Crippen LogP contribution in [-0.4, -0.2) is 4.98 Å². The second-order valence-electron chi connectivity index (χ2n) is 3.57. The van der Waals surface area contributed by atoms with Crippen molar-refractivity contribution >= 4 is 43.4 Å². The molecule has 0 aliphatic heterocycles. The SMILES string of the molecule is Cc1ccc(Nc2ncc(Br)cc2F)cc1Br. The number of halogens is 3. The third kappa shape index (κ3) is 3.04. The molecule has 88 valence electrons. The Labute approximate surface area is 116 Å². The first-order valence-corrected chi connectivity index (χ1v) is 6.49. The van der Waals surface area contributed by atoms with Gasteiger partial charge < -0.3 is 5.32 Å². The van der Waals surface area contributed by atoms with E-state index in [0.717, 1.165) is 15.7 Å². The van der Waals surface area contributed by atoms with Crippen LogP contribution in [0.25, 0.3) is 0 Å². The van der Waals surface area contributed by atoms with E-state index in [1.807, 2.05) is 25.1 Å². The van der Waals surface area contributed by atoms with Crippen molar-refractivity contribution in [3.8, 4) is 0 Å². The van der Waals surface area contributed by atoms with Crippen LogP contribution >= 0.6 is 31.9 Å². The molecule has 1 heterocycles. The van der Waals surface area contributed by atoms with Gasteiger partial charge in [-0.2, -0.15) is 0 Å². The van der Waals surface area contributed by atoms with Crippen LogP contribution in [0.15, 0.2) is 39.4 Å². The maximum absolute atomic E-state index is 13.5. The maximum atomic E-state index is 13.5. The molecule has 2 rings (SSSR count). The van der Waals surface area contributed by atoms with Crippen molar-refractivity contribution in [2.75, 3.05) is 5.32 Å². The van der Waals surface area contributed by atoms with Crippen molar-refractivity contribution < 1.29 is 4.39 Å². The van der Waals surface area contributed by atoms with Gasteiger partial charge in [-0.05, 0) is 46.6 Å². The molecule has 1 aromatic heterocycles. The van der Waals surface area contributed by atoms with E-state index < -0.39 is 5.82 Å². The quantitative estimate of drug-likeness (QED) is 0.833. The van der Waals surface area contributed by atoms with Crippen LogP contribution in [0.3, 0.4) is 0 Å². The van der Waals surface area contributed by atoms with Crippen LogP contribution in [-0.2, 0) is 0 Å². The Hall–Kier alpha value is -0.940. The second kappa shape index (κ2) is 5.14. The minimum Gasteiger partial charge on any atom is -0.338 e. The number of nitrogens with zero attached hydrogens (tertiary/aromatic N) is 1. The van der Waals surface area contributed by atoms with Gasteiger partial charge in [-0.15, -0.1) is 0 Å². The van der Waals surface area contributed by atoms with E-state index in [-0.39, 0.29) is 5.82 Å². The number of anilines is 2. The molecular formula is C12H9Br2FN2. The summed E-state index contributed by atoms with van der Waals surface area (Å²) in [5.74, 6) is -0.181. The number of hydrogen-bond donors (Lipinski definition) is 1. The van der Waals surface area contributed by atoms with E-state index in [0.29, 0.717) is 4.47 Å². The van der Waals surface area contributed by atoms with Crippen LogP contribution in [0, 0.1) is 12.7 Å². The third-order valence-corrected chi connectivity index (χ3v) is 3.53. The summed E-state index contributed by atoms with van der Waals surface area (Å²) < 4.78 is 15.1. The van der Waals surface area contributed by atoms with Crippen LogP contribution in [0.4, 0.5) is 15.9 Å². The number of benzene rings is 1. The monoisotopic (exact) mass is 358 g/mol. The van der Waals surface area contributed by atoms with E-state index in [2.05, 4.69) is 42.2 Å². The van der Waals surface area contributed by atoms with Gasteiger partial charge in [0.05, 0.1) is 0 Å². The third-order valence-electron chi connectivity index (χ3n) is 2.24. The largest absolute Gasteiger partial charge is 0.338 e. The van der Waals surface area contributed by atoms with Gasteiger partial charge >= 0.3 is 0 Å². The first-order chi connectivity index (χ1) is 8.06. The Morgan fingerprint density at radius 1 is 1.24 bits per heavy atom. The van der Waals surface area contributed by atoms with Gasteiger partial charge in [0.25, 0.3) is 0 Å². The molecule has 1 aromatic carbocycles. The van der Waals surface area contributed by atoms with Crippen LogP contribution in [0.5, 0.6) is 0 Å². The van der Waals surface area contributed by atoms with Gasteiger partial charge in [0, 0.05) is 20.8 Å². The zero-order valence-corrected chi connectivity index (χ0v) is 12.1. The average Bonchev–Trinajstić information content (AvgIpc) is 2.27. The Bertz CT molecular complexity index is 558. The van der Waals surface area contributed by atoms with Crippen molar-refractivity contribution in [3.63, 3.8) is 0 Å². The summed E-state index contributed by atoms with van der Waals surface area (Å²) in [6.07, 6.45) is 1.55. The maximum Gasteiger partial charge on any atom is 0.166 e. The first-order valence-electron chi connectivity index (χ1n) is 4.90. The van der Waals surface area contributed by atoms with Crippen molar-refractivity contribution in [3.05, 3.63) is 50.8 Å². The average molecular weight is 360 g/mol. The Kier molecular flexibility index (Phi) is 3.79. The standard InChI is InChI=1S/C12H9Br2FN2/c1-7-2-3-9(5-10(7)14)17-12-11(15)4-8(13)6-16-12/h2-6H,1H3,(H,16,17). The molecule has 17 heavy (non-hydrogen) atoms. The topological polar surface area (TPSA) is 24.9 Å². The lowest BCUT2D eigenvalue weighted by Crippen LogP contribution is -1.97. The minimum atomic E-state index is -0.393. The summed E-state index contributed by atoms with van der Waals surface area (Å²) >= 11 is 6.59. The molecule has 1 N–H and O–H groups in total. The van der Waals surface area contributed by atoms with Crippen molar-refractivity contribution in [1.29, 1.82) is 0 Å². The number of pyridine rings is 1. The fourth-order valence-electron chi connectivity index (χ4n) is 1.31. The van der Waals surface area contributed by atoms with Gasteiger partial charge in [0.1, 0.15) is 0 Å². The predicted molar refractivity (Wildman–Crippen MR) is 74.1 cm³/mol. The first kappa shape index (κ1) is 12.5. The van der Waals surface area contributed by atoms with Gasteiger partial charge in [-0.3, -0.25) is 0 Å². The number of hydrogen-bond acceptors (Lipinski definition) is 2. The fraction of sp³-hybridized carbons (Fsp3) is 0.0833. The molecule has 0 saturated carbocycles. The molecule has 2 nitrogen and oxygen atoms in total. The fourth-order valence-corrected chi connectivity index (χ4v) is 2.00. The van der Waals surface area contributed by atoms with Crippen LogP contribution in [0.1, 0.15) is 5.56 Å².